The van der Waals surface area contributed by atoms with Crippen LogP contribution in [0.5, 0.6) is 0 Å². The Morgan fingerprint density at radius 1 is 1.29 bits per heavy atom. The summed E-state index contributed by atoms with van der Waals surface area (Å²) in [5, 5.41) is 14.7. The average Bonchev–Trinajstić information content (AvgIpc) is 2.72. The van der Waals surface area contributed by atoms with Crippen LogP contribution in [0, 0.1) is 19.7 Å². The van der Waals surface area contributed by atoms with Crippen LogP contribution in [0.3, 0.4) is 0 Å². The molecule has 0 aliphatic carbocycles. The van der Waals surface area contributed by atoms with Gasteiger partial charge in [0.2, 0.25) is 0 Å². The van der Waals surface area contributed by atoms with E-state index in [1.165, 1.54) is 17.8 Å². The Hall–Kier alpha value is -1.72. The highest BCUT2D eigenvalue weighted by Crippen LogP contribution is 2.25. The number of rotatable bonds is 4. The third-order valence-corrected chi connectivity index (χ3v) is 4.01. The molecule has 2 heterocycles. The molecule has 0 spiro atoms. The van der Waals surface area contributed by atoms with Gasteiger partial charge in [0.1, 0.15) is 5.82 Å². The summed E-state index contributed by atoms with van der Waals surface area (Å²) < 4.78 is 14.9. The second kappa shape index (κ2) is 5.58. The predicted octanol–water partition coefficient (Wildman–Crippen LogP) is 2.23. The van der Waals surface area contributed by atoms with Crippen molar-refractivity contribution >= 4 is 0 Å². The Balaban J connectivity index is 1.55. The zero-order valence-corrected chi connectivity index (χ0v) is 12.3. The quantitative estimate of drug-likeness (QED) is 0.938. The number of nitrogens with zero attached hydrogens (tertiary/aromatic N) is 3. The lowest BCUT2D eigenvalue weighted by molar-refractivity contribution is 0.0393. The van der Waals surface area contributed by atoms with Gasteiger partial charge in [0.25, 0.3) is 0 Å². The third kappa shape index (κ3) is 2.99. The van der Waals surface area contributed by atoms with Crippen molar-refractivity contribution in [3.63, 3.8) is 0 Å². The zero-order chi connectivity index (χ0) is 15.0. The highest BCUT2D eigenvalue weighted by molar-refractivity contribution is 5.19. The molecule has 1 aliphatic rings. The van der Waals surface area contributed by atoms with E-state index in [0.29, 0.717) is 12.6 Å². The van der Waals surface area contributed by atoms with E-state index in [2.05, 4.69) is 27.7 Å². The fourth-order valence-electron chi connectivity index (χ4n) is 2.90. The van der Waals surface area contributed by atoms with Crippen molar-refractivity contribution in [2.75, 3.05) is 19.6 Å². The first-order chi connectivity index (χ1) is 10.0. The number of aliphatic hydroxyl groups excluding tert-OH is 1. The van der Waals surface area contributed by atoms with Gasteiger partial charge in [0.15, 0.2) is 0 Å². The third-order valence-electron chi connectivity index (χ3n) is 4.01. The van der Waals surface area contributed by atoms with Crippen LogP contribution >= 0.6 is 0 Å². The van der Waals surface area contributed by atoms with Crippen molar-refractivity contribution in [1.29, 1.82) is 0 Å². The number of aryl methyl sites for hydroxylation is 2. The van der Waals surface area contributed by atoms with E-state index in [4.69, 9.17) is 0 Å². The van der Waals surface area contributed by atoms with E-state index >= 15 is 0 Å². The van der Waals surface area contributed by atoms with Crippen molar-refractivity contribution < 1.29 is 9.50 Å². The van der Waals surface area contributed by atoms with Gasteiger partial charge >= 0.3 is 0 Å². The number of hydrogen-bond acceptors (Lipinski definition) is 3. The predicted molar refractivity (Wildman–Crippen MR) is 78.5 cm³/mol. The first kappa shape index (κ1) is 14.2. The van der Waals surface area contributed by atoms with E-state index in [0.717, 1.165) is 24.3 Å². The van der Waals surface area contributed by atoms with Crippen molar-refractivity contribution in [3.05, 3.63) is 53.1 Å². The molecular weight excluding hydrogens is 269 g/mol. The molecular formula is C16H20FN3O. The molecule has 1 aliphatic heterocycles. The Kier molecular flexibility index (Phi) is 3.78. The van der Waals surface area contributed by atoms with Crippen LogP contribution < -0.4 is 0 Å². The summed E-state index contributed by atoms with van der Waals surface area (Å²) in [6.45, 7) is 6.41. The summed E-state index contributed by atoms with van der Waals surface area (Å²) in [5.41, 5.74) is 2.97. The number of β-amino-alcohol motifs (C(OH)–C–C–N with tert-alkyl or cyclic N) is 1. The van der Waals surface area contributed by atoms with Crippen molar-refractivity contribution in [2.45, 2.75) is 26.0 Å². The van der Waals surface area contributed by atoms with Gasteiger partial charge in [-0.15, -0.1) is 0 Å². The van der Waals surface area contributed by atoms with Gasteiger partial charge in [-0.25, -0.2) is 4.39 Å². The van der Waals surface area contributed by atoms with E-state index < -0.39 is 6.10 Å². The Morgan fingerprint density at radius 3 is 2.52 bits per heavy atom. The normalized spacial score (nSPS) is 17.7. The zero-order valence-electron chi connectivity index (χ0n) is 12.3. The highest BCUT2D eigenvalue weighted by atomic mass is 19.1. The summed E-state index contributed by atoms with van der Waals surface area (Å²) in [5.74, 6) is -0.278. The van der Waals surface area contributed by atoms with Crippen molar-refractivity contribution in [3.8, 4) is 0 Å². The minimum Gasteiger partial charge on any atom is -0.387 e. The number of aliphatic hydroxyl groups is 1. The molecule has 0 radical (unpaired) electrons. The molecule has 1 atom stereocenters. The van der Waals surface area contributed by atoms with Gasteiger partial charge in [0.05, 0.1) is 17.8 Å². The summed E-state index contributed by atoms with van der Waals surface area (Å²) >= 11 is 0. The molecule has 0 amide bonds. The van der Waals surface area contributed by atoms with Crippen LogP contribution in [0.4, 0.5) is 4.39 Å². The number of aromatic nitrogens is 2. The van der Waals surface area contributed by atoms with E-state index in [-0.39, 0.29) is 5.82 Å². The molecule has 3 rings (SSSR count). The van der Waals surface area contributed by atoms with Crippen LogP contribution in [0.1, 0.15) is 29.1 Å². The first-order valence-corrected chi connectivity index (χ1v) is 7.21. The average molecular weight is 289 g/mol. The number of likely N-dealkylation sites (tertiary alicyclic amines) is 1. The molecule has 0 unspecified atom stereocenters. The Labute approximate surface area is 123 Å². The molecule has 1 aromatic heterocycles. The smallest absolute Gasteiger partial charge is 0.123 e. The SMILES string of the molecule is Cc1cc(C)n(C2CN(C[C@H](O)c3ccc(F)cc3)C2)n1. The summed E-state index contributed by atoms with van der Waals surface area (Å²) in [4.78, 5) is 2.19. The second-order valence-electron chi connectivity index (χ2n) is 5.81. The largest absolute Gasteiger partial charge is 0.387 e. The van der Waals surface area contributed by atoms with Crippen LogP contribution in [0.15, 0.2) is 30.3 Å². The van der Waals surface area contributed by atoms with Gasteiger partial charge in [-0.3, -0.25) is 9.58 Å². The molecule has 4 nitrogen and oxygen atoms in total. The Morgan fingerprint density at radius 2 is 1.95 bits per heavy atom. The van der Waals surface area contributed by atoms with Gasteiger partial charge in [-0.1, -0.05) is 12.1 Å². The van der Waals surface area contributed by atoms with Gasteiger partial charge in [-0.05, 0) is 37.6 Å². The maximum atomic E-state index is 12.9. The summed E-state index contributed by atoms with van der Waals surface area (Å²) in [6.07, 6.45) is -0.577. The molecule has 1 fully saturated rings. The number of benzene rings is 1. The molecule has 1 saturated heterocycles. The van der Waals surface area contributed by atoms with Crippen LogP contribution in [0.25, 0.3) is 0 Å². The summed E-state index contributed by atoms with van der Waals surface area (Å²) in [7, 11) is 0. The number of hydrogen-bond donors (Lipinski definition) is 1. The van der Waals surface area contributed by atoms with Crippen LogP contribution in [-0.4, -0.2) is 39.4 Å². The topological polar surface area (TPSA) is 41.3 Å². The highest BCUT2D eigenvalue weighted by Gasteiger charge is 2.31. The molecule has 1 aromatic carbocycles. The van der Waals surface area contributed by atoms with E-state index in [9.17, 15) is 9.50 Å². The molecule has 1 N–H and O–H groups in total. The van der Waals surface area contributed by atoms with Gasteiger partial charge in [0, 0.05) is 25.3 Å². The van der Waals surface area contributed by atoms with E-state index in [1.54, 1.807) is 12.1 Å². The van der Waals surface area contributed by atoms with Gasteiger partial charge < -0.3 is 5.11 Å². The molecule has 21 heavy (non-hydrogen) atoms. The lowest BCUT2D eigenvalue weighted by atomic mass is 10.0. The van der Waals surface area contributed by atoms with Crippen molar-refractivity contribution in [2.24, 2.45) is 0 Å². The van der Waals surface area contributed by atoms with Crippen LogP contribution in [0.2, 0.25) is 0 Å². The second-order valence-corrected chi connectivity index (χ2v) is 5.81. The molecule has 0 bridgehead atoms. The molecule has 2 aromatic rings. The minimum absolute atomic E-state index is 0.278. The standard InChI is InChI=1S/C16H20FN3O/c1-11-7-12(2)20(18-11)15-8-19(9-15)10-16(21)13-3-5-14(17)6-4-13/h3-7,15-16,21H,8-10H2,1-2H3/t16-/m0/s1. The lowest BCUT2D eigenvalue weighted by Crippen LogP contribution is -2.49. The number of halogens is 1. The fraction of sp³-hybridized carbons (Fsp3) is 0.438. The maximum Gasteiger partial charge on any atom is 0.123 e. The van der Waals surface area contributed by atoms with E-state index in [1.807, 2.05) is 6.92 Å². The molecule has 5 heteroatoms. The fourth-order valence-corrected chi connectivity index (χ4v) is 2.90. The van der Waals surface area contributed by atoms with Crippen molar-refractivity contribution in [1.82, 2.24) is 14.7 Å². The Bertz CT molecular complexity index is 617. The monoisotopic (exact) mass is 289 g/mol. The van der Waals surface area contributed by atoms with Crippen LogP contribution in [-0.2, 0) is 0 Å². The van der Waals surface area contributed by atoms with Gasteiger partial charge in [-0.2, -0.15) is 5.10 Å². The lowest BCUT2D eigenvalue weighted by Gasteiger charge is -2.40. The molecule has 112 valence electrons. The maximum absolute atomic E-state index is 12.9. The first-order valence-electron chi connectivity index (χ1n) is 7.21. The minimum atomic E-state index is -0.577. The molecule has 0 saturated carbocycles. The summed E-state index contributed by atoms with van der Waals surface area (Å²) in [6, 6.07) is 8.51.